The van der Waals surface area contributed by atoms with Gasteiger partial charge in [0.2, 0.25) is 0 Å². The van der Waals surface area contributed by atoms with Crippen molar-refractivity contribution in [1.29, 1.82) is 0 Å². The van der Waals surface area contributed by atoms with Gasteiger partial charge in [0.05, 0.1) is 27.7 Å². The van der Waals surface area contributed by atoms with Crippen LogP contribution in [0.3, 0.4) is 0 Å². The molecule has 2 atom stereocenters. The van der Waals surface area contributed by atoms with Gasteiger partial charge in [-0.1, -0.05) is 272 Å². The number of hydrogen-bond donors (Lipinski definition) is 1. The molecule has 0 rings (SSSR count). The van der Waals surface area contributed by atoms with E-state index in [-0.39, 0.29) is 32.0 Å². The highest BCUT2D eigenvalue weighted by Gasteiger charge is 2.27. The van der Waals surface area contributed by atoms with Crippen LogP contribution in [-0.4, -0.2) is 74.9 Å². The van der Waals surface area contributed by atoms with Crippen molar-refractivity contribution in [3.63, 3.8) is 0 Å². The zero-order valence-electron chi connectivity index (χ0n) is 52.5. The lowest BCUT2D eigenvalue weighted by atomic mass is 10.0. The molecule has 0 aliphatic carbocycles. The number of likely N-dealkylation sites (N-methyl/N-ethyl adjacent to an activating group) is 1. The van der Waals surface area contributed by atoms with Crippen molar-refractivity contribution in [1.82, 2.24) is 0 Å². The number of nitrogens with zero attached hydrogens (tertiary/aromatic N) is 1. The second kappa shape index (κ2) is 60.5. The molecule has 0 aromatic carbocycles. The van der Waals surface area contributed by atoms with E-state index < -0.39 is 26.5 Å². The smallest absolute Gasteiger partial charge is 0.462 e. The third kappa shape index (κ3) is 64.1. The van der Waals surface area contributed by atoms with E-state index >= 15 is 0 Å². The van der Waals surface area contributed by atoms with E-state index in [9.17, 15) is 19.0 Å². The molecular formula is C70H125NO8P+. The van der Waals surface area contributed by atoms with Crippen molar-refractivity contribution in [3.05, 3.63) is 97.2 Å². The number of esters is 2. The second-order valence-corrected chi connectivity index (χ2v) is 24.6. The predicted octanol–water partition coefficient (Wildman–Crippen LogP) is 21.2. The molecule has 10 heteroatoms. The number of carbonyl (C=O) groups is 2. The second-order valence-electron chi connectivity index (χ2n) is 23.1. The third-order valence-electron chi connectivity index (χ3n) is 14.1. The van der Waals surface area contributed by atoms with Crippen molar-refractivity contribution in [2.24, 2.45) is 0 Å². The van der Waals surface area contributed by atoms with E-state index in [2.05, 4.69) is 111 Å². The number of quaternary nitrogens is 1. The van der Waals surface area contributed by atoms with Crippen LogP contribution in [0.1, 0.15) is 284 Å². The Hall–Kier alpha value is -3.07. The quantitative estimate of drug-likeness (QED) is 0.0211. The molecule has 0 aliphatic rings. The van der Waals surface area contributed by atoms with Gasteiger partial charge in [-0.05, 0) is 96.3 Å². The van der Waals surface area contributed by atoms with Gasteiger partial charge < -0.3 is 18.9 Å². The molecule has 0 aromatic heterocycles. The average molecular weight is 1140 g/mol. The number of hydrogen-bond acceptors (Lipinski definition) is 7. The van der Waals surface area contributed by atoms with Gasteiger partial charge in [-0.3, -0.25) is 18.6 Å². The van der Waals surface area contributed by atoms with Crippen LogP contribution in [0, 0.1) is 0 Å². The molecule has 0 saturated carbocycles. The Morgan fingerprint density at radius 3 is 1.07 bits per heavy atom. The minimum absolute atomic E-state index is 0.0294. The van der Waals surface area contributed by atoms with Crippen LogP contribution in [0.2, 0.25) is 0 Å². The summed E-state index contributed by atoms with van der Waals surface area (Å²) in [6.07, 6.45) is 83.5. The summed E-state index contributed by atoms with van der Waals surface area (Å²) in [5.74, 6) is -0.794. The molecule has 80 heavy (non-hydrogen) atoms. The molecule has 0 saturated heterocycles. The number of phosphoric acid groups is 1. The van der Waals surface area contributed by atoms with E-state index in [0.29, 0.717) is 17.4 Å². The Morgan fingerprint density at radius 2 is 0.713 bits per heavy atom. The Balaban J connectivity index is 4.04. The number of phosphoric ester groups is 1. The molecule has 0 radical (unpaired) electrons. The summed E-state index contributed by atoms with van der Waals surface area (Å²) in [6, 6.07) is 0. The van der Waals surface area contributed by atoms with E-state index in [1.54, 1.807) is 0 Å². The van der Waals surface area contributed by atoms with Crippen molar-refractivity contribution < 1.29 is 42.1 Å². The lowest BCUT2D eigenvalue weighted by Crippen LogP contribution is -2.37. The lowest BCUT2D eigenvalue weighted by molar-refractivity contribution is -0.870. The van der Waals surface area contributed by atoms with Gasteiger partial charge in [0, 0.05) is 12.8 Å². The first kappa shape index (κ1) is 76.9. The Morgan fingerprint density at radius 1 is 0.400 bits per heavy atom. The lowest BCUT2D eigenvalue weighted by Gasteiger charge is -2.24. The largest absolute Gasteiger partial charge is 0.472 e. The maximum Gasteiger partial charge on any atom is 0.472 e. The average Bonchev–Trinajstić information content (AvgIpc) is 3.42. The molecule has 462 valence electrons. The number of unbranched alkanes of at least 4 members (excludes halogenated alkanes) is 30. The van der Waals surface area contributed by atoms with E-state index in [0.717, 1.165) is 83.5 Å². The van der Waals surface area contributed by atoms with Crippen LogP contribution >= 0.6 is 7.82 Å². The Bertz CT molecular complexity index is 1670. The summed E-state index contributed by atoms with van der Waals surface area (Å²) >= 11 is 0. The normalized spacial score (nSPS) is 13.8. The summed E-state index contributed by atoms with van der Waals surface area (Å²) in [7, 11) is 1.48. The molecule has 2 unspecified atom stereocenters. The Kier molecular flexibility index (Phi) is 58.2. The SMILES string of the molecule is CC/C=C\C/C=C\C/C=C\C/C=C\C/C=C\C/C=C\C/C=C\CCCCCCCCCCCCCCCCCC(=O)OC(COC(=O)CCCCCCCCCCC/C=C\CCCCCCCC)COP(=O)(O)OCC[N+](C)(C)C. The maximum atomic E-state index is 12.9. The summed E-state index contributed by atoms with van der Waals surface area (Å²) in [6.45, 7) is 4.34. The van der Waals surface area contributed by atoms with Gasteiger partial charge in [0.15, 0.2) is 6.10 Å². The zero-order valence-corrected chi connectivity index (χ0v) is 53.4. The molecule has 0 aromatic rings. The summed E-state index contributed by atoms with van der Waals surface area (Å²) in [4.78, 5) is 35.8. The van der Waals surface area contributed by atoms with Gasteiger partial charge >= 0.3 is 19.8 Å². The van der Waals surface area contributed by atoms with E-state index in [4.69, 9.17) is 18.5 Å². The number of allylic oxidation sites excluding steroid dienone is 16. The highest BCUT2D eigenvalue weighted by atomic mass is 31.2. The standard InChI is InChI=1S/C70H124NO8P/c1-6-8-10-12-14-16-18-20-22-24-26-27-28-29-30-31-32-33-34-35-36-37-38-39-40-41-42-43-45-47-49-51-53-55-57-59-61-63-70(73)79-68(67-78-80(74,75)77-65-64-71(3,4)5)66-76-69(72)62-60-58-56-54-52-50-48-46-44-25-23-21-19-17-15-13-11-9-7-2/h8,10,14,16,20-23,26-27,29-30,32-33,35-36,68H,6-7,9,11-13,15,17-19,24-25,28,31,34,37-67H2,1-5H3/p+1/b10-8-,16-14-,22-20-,23-21-,27-26-,30-29-,33-32-,36-35-. The van der Waals surface area contributed by atoms with Crippen LogP contribution in [0.25, 0.3) is 0 Å². The van der Waals surface area contributed by atoms with Gasteiger partial charge in [-0.25, -0.2) is 4.57 Å². The van der Waals surface area contributed by atoms with Crippen LogP contribution in [0.5, 0.6) is 0 Å². The first-order valence-electron chi connectivity index (χ1n) is 33.0. The van der Waals surface area contributed by atoms with Gasteiger partial charge in [-0.2, -0.15) is 0 Å². The molecule has 0 spiro atoms. The highest BCUT2D eigenvalue weighted by molar-refractivity contribution is 7.47. The minimum atomic E-state index is -4.39. The topological polar surface area (TPSA) is 108 Å². The molecule has 0 heterocycles. The number of ether oxygens (including phenoxy) is 2. The number of carbonyl (C=O) groups excluding carboxylic acids is 2. The summed E-state index contributed by atoms with van der Waals surface area (Å²) < 4.78 is 34.7. The molecule has 9 nitrogen and oxygen atoms in total. The van der Waals surface area contributed by atoms with Crippen LogP contribution < -0.4 is 0 Å². The van der Waals surface area contributed by atoms with Crippen LogP contribution in [0.15, 0.2) is 97.2 Å². The van der Waals surface area contributed by atoms with E-state index in [1.165, 1.54) is 167 Å². The molecule has 0 amide bonds. The fourth-order valence-corrected chi connectivity index (χ4v) is 9.79. The first-order chi connectivity index (χ1) is 39.0. The fourth-order valence-electron chi connectivity index (χ4n) is 9.05. The molecule has 0 bridgehead atoms. The molecule has 1 N–H and O–H groups in total. The minimum Gasteiger partial charge on any atom is -0.462 e. The monoisotopic (exact) mass is 1140 g/mol. The fraction of sp³-hybridized carbons (Fsp3) is 0.743. The van der Waals surface area contributed by atoms with Gasteiger partial charge in [-0.15, -0.1) is 0 Å². The van der Waals surface area contributed by atoms with Gasteiger partial charge in [0.25, 0.3) is 0 Å². The number of rotatable bonds is 60. The molecule has 0 fully saturated rings. The van der Waals surface area contributed by atoms with E-state index in [1.807, 2.05) is 21.1 Å². The van der Waals surface area contributed by atoms with Crippen molar-refractivity contribution in [3.8, 4) is 0 Å². The van der Waals surface area contributed by atoms with Gasteiger partial charge in [0.1, 0.15) is 19.8 Å². The van der Waals surface area contributed by atoms with Crippen molar-refractivity contribution in [2.45, 2.75) is 290 Å². The highest BCUT2D eigenvalue weighted by Crippen LogP contribution is 2.43. The van der Waals surface area contributed by atoms with Crippen molar-refractivity contribution in [2.75, 3.05) is 47.5 Å². The van der Waals surface area contributed by atoms with Crippen molar-refractivity contribution >= 4 is 19.8 Å². The summed E-state index contributed by atoms with van der Waals surface area (Å²) in [5, 5.41) is 0. The maximum absolute atomic E-state index is 12.9. The van der Waals surface area contributed by atoms with Crippen LogP contribution in [0.4, 0.5) is 0 Å². The van der Waals surface area contributed by atoms with Crippen LogP contribution in [-0.2, 0) is 32.7 Å². The Labute approximate surface area is 493 Å². The first-order valence-corrected chi connectivity index (χ1v) is 34.5. The molecular weight excluding hydrogens is 1010 g/mol. The zero-order chi connectivity index (χ0) is 58.4. The predicted molar refractivity (Wildman–Crippen MR) is 344 cm³/mol. The third-order valence-corrected chi connectivity index (χ3v) is 15.1. The summed E-state index contributed by atoms with van der Waals surface area (Å²) in [5.41, 5.74) is 0. The molecule has 0 aliphatic heterocycles.